The van der Waals surface area contributed by atoms with Crippen molar-refractivity contribution in [3.63, 3.8) is 0 Å². The Bertz CT molecular complexity index is 2900. The Morgan fingerprint density at radius 1 is 0.881 bits per heavy atom. The summed E-state index contributed by atoms with van der Waals surface area (Å²) in [5.74, 6) is -4.07. The molecule has 3 N–H and O–H groups in total. The van der Waals surface area contributed by atoms with Crippen LogP contribution < -0.4 is 20.4 Å². The number of hydrogen-bond acceptors (Lipinski definition) is 14. The Morgan fingerprint density at radius 3 is 2.40 bits per heavy atom. The number of phenols is 1. The number of imide groups is 2. The highest BCUT2D eigenvalue weighted by Crippen LogP contribution is 2.41. The van der Waals surface area contributed by atoms with Crippen molar-refractivity contribution in [2.24, 2.45) is 5.92 Å². The Labute approximate surface area is 385 Å². The van der Waals surface area contributed by atoms with Gasteiger partial charge in [0.2, 0.25) is 11.8 Å². The molecule has 342 valence electrons. The summed E-state index contributed by atoms with van der Waals surface area (Å²) in [6.45, 7) is 3.87. The quantitative estimate of drug-likeness (QED) is 0.166. The fourth-order valence-electron chi connectivity index (χ4n) is 10.6. The molecular weight excluding hydrogens is 887 g/mol. The lowest BCUT2D eigenvalue weighted by molar-refractivity contribution is -0.136. The van der Waals surface area contributed by atoms with Gasteiger partial charge in [0, 0.05) is 86.0 Å². The number of nitrogens with zero attached hydrogens (tertiary/aromatic N) is 8. The third-order valence-electron chi connectivity index (χ3n) is 14.0. The lowest BCUT2D eigenvalue weighted by Crippen LogP contribution is -2.54. The average Bonchev–Trinajstić information content (AvgIpc) is 4.17. The second-order valence-corrected chi connectivity index (χ2v) is 18.8. The first-order chi connectivity index (χ1) is 32.4. The highest BCUT2D eigenvalue weighted by Gasteiger charge is 2.48. The first kappa shape index (κ1) is 42.4. The van der Waals surface area contributed by atoms with Gasteiger partial charge < -0.3 is 19.8 Å². The highest BCUT2D eigenvalue weighted by molar-refractivity contribution is 7.13. The number of nitrogens with one attached hydrogen (secondary N) is 2. The smallest absolute Gasteiger partial charge is 0.262 e. The number of amides is 6. The number of piperidine rings is 2. The van der Waals surface area contributed by atoms with Crippen molar-refractivity contribution in [3.05, 3.63) is 112 Å². The van der Waals surface area contributed by atoms with E-state index >= 15 is 4.39 Å². The number of anilines is 3. The molecule has 4 saturated heterocycles. The Balaban J connectivity index is 0.700. The first-order valence-corrected chi connectivity index (χ1v) is 23.0. The van der Waals surface area contributed by atoms with Crippen LogP contribution in [0.5, 0.6) is 5.75 Å². The molecule has 0 aliphatic carbocycles. The zero-order valence-electron chi connectivity index (χ0n) is 35.7. The third-order valence-corrected chi connectivity index (χ3v) is 14.7. The summed E-state index contributed by atoms with van der Waals surface area (Å²) in [6, 6.07) is 12.7. The molecule has 5 aromatic rings. The van der Waals surface area contributed by atoms with Crippen LogP contribution in [0.4, 0.5) is 25.4 Å². The van der Waals surface area contributed by atoms with Crippen molar-refractivity contribution in [2.75, 3.05) is 47.8 Å². The number of halogens is 2. The molecule has 0 saturated carbocycles. The predicted molar refractivity (Wildman–Crippen MR) is 238 cm³/mol. The molecule has 8 heterocycles. The molecule has 0 spiro atoms. The second kappa shape index (κ2) is 16.6. The number of phenolic OH excluding ortho intramolecular Hbond substituents is 1. The molecule has 20 heteroatoms. The fraction of sp³-hybridized carbons (Fsp3) is 0.340. The van der Waals surface area contributed by atoms with Crippen LogP contribution in [-0.4, -0.2) is 121 Å². The molecular formula is C47H42F2N10O7S. The van der Waals surface area contributed by atoms with Crippen LogP contribution in [0.3, 0.4) is 0 Å². The molecule has 0 radical (unpaired) electrons. The molecule has 4 fully saturated rings. The zero-order valence-corrected chi connectivity index (χ0v) is 36.5. The van der Waals surface area contributed by atoms with E-state index in [-0.39, 0.29) is 59.6 Å². The van der Waals surface area contributed by atoms with E-state index in [1.54, 1.807) is 17.5 Å². The molecule has 4 unspecified atom stereocenters. The van der Waals surface area contributed by atoms with Gasteiger partial charge in [-0.05, 0) is 85.7 Å². The van der Waals surface area contributed by atoms with Gasteiger partial charge in [-0.25, -0.2) is 13.8 Å². The van der Waals surface area contributed by atoms with Crippen LogP contribution in [0.25, 0.3) is 11.3 Å². The molecule has 67 heavy (non-hydrogen) atoms. The summed E-state index contributed by atoms with van der Waals surface area (Å²) < 4.78 is 30.1. The Hall–Kier alpha value is -7.19. The minimum absolute atomic E-state index is 0.00242. The molecule has 6 amide bonds. The Morgan fingerprint density at radius 2 is 1.69 bits per heavy atom. The maximum Gasteiger partial charge on any atom is 0.262 e. The van der Waals surface area contributed by atoms with E-state index in [1.165, 1.54) is 28.5 Å². The summed E-state index contributed by atoms with van der Waals surface area (Å²) in [5, 5.41) is 26.6. The number of aromatic nitrogens is 3. The maximum atomic E-state index is 15.7. The van der Waals surface area contributed by atoms with Gasteiger partial charge in [0.05, 0.1) is 22.5 Å². The molecule has 17 nitrogen and oxygen atoms in total. The number of aromatic hydroxyl groups is 1. The molecule has 11 rings (SSSR count). The second-order valence-electron chi connectivity index (χ2n) is 17.9. The number of hydrogen-bond donors (Lipinski definition) is 3. The molecule has 6 aliphatic rings. The van der Waals surface area contributed by atoms with Gasteiger partial charge in [0.25, 0.3) is 23.6 Å². The van der Waals surface area contributed by atoms with Crippen molar-refractivity contribution in [2.45, 2.75) is 62.8 Å². The summed E-state index contributed by atoms with van der Waals surface area (Å²) in [5.41, 5.74) is 2.45. The van der Waals surface area contributed by atoms with Crippen LogP contribution in [0, 0.1) is 17.6 Å². The van der Waals surface area contributed by atoms with Crippen molar-refractivity contribution in [1.29, 1.82) is 0 Å². The fourth-order valence-corrected chi connectivity index (χ4v) is 11.2. The average molecular weight is 929 g/mol. The van der Waals surface area contributed by atoms with Crippen molar-refractivity contribution < 1.29 is 42.7 Å². The third kappa shape index (κ3) is 7.53. The van der Waals surface area contributed by atoms with Crippen LogP contribution in [0.15, 0.2) is 72.2 Å². The van der Waals surface area contributed by atoms with E-state index in [1.807, 2.05) is 23.1 Å². The summed E-state index contributed by atoms with van der Waals surface area (Å²) in [4.78, 5) is 91.4. The molecule has 2 bridgehead atoms. The maximum absolute atomic E-state index is 15.7. The monoisotopic (exact) mass is 928 g/mol. The van der Waals surface area contributed by atoms with Gasteiger partial charge in [-0.15, -0.1) is 21.5 Å². The van der Waals surface area contributed by atoms with Crippen molar-refractivity contribution in [3.8, 4) is 17.0 Å². The molecule has 3 aromatic carbocycles. The zero-order chi connectivity index (χ0) is 46.2. The summed E-state index contributed by atoms with van der Waals surface area (Å²) >= 11 is 1.19. The van der Waals surface area contributed by atoms with Gasteiger partial charge in [0.15, 0.2) is 10.9 Å². The SMILES string of the molecule is O=C1CCC(N2C(=O)c3cc(F)c(N4CC5CC4CN5CC4CCN(c5ccc(-c6ccc7c(c6)C(=O)N(C(C(=O)Nc6nccs6)c6cc(F)ccc6O)C7)nn5)CC4)cc3C2=O)C(=O)N1. The molecule has 4 atom stereocenters. The van der Waals surface area contributed by atoms with Crippen molar-refractivity contribution in [1.82, 2.24) is 35.2 Å². The number of thiazole rings is 1. The number of benzene rings is 3. The number of carbonyl (C=O) groups excluding carboxylic acids is 6. The number of rotatable bonds is 10. The number of piperazine rings is 1. The van der Waals surface area contributed by atoms with E-state index in [4.69, 9.17) is 0 Å². The lowest BCUT2D eigenvalue weighted by Gasteiger charge is -2.39. The normalized spacial score (nSPS) is 22.2. The van der Waals surface area contributed by atoms with E-state index in [0.717, 1.165) is 80.4 Å². The highest BCUT2D eigenvalue weighted by atomic mass is 32.1. The number of likely N-dealkylation sites (tertiary alicyclic amines) is 1. The van der Waals surface area contributed by atoms with Crippen LogP contribution >= 0.6 is 11.3 Å². The minimum Gasteiger partial charge on any atom is -0.508 e. The van der Waals surface area contributed by atoms with Crippen LogP contribution in [0.2, 0.25) is 0 Å². The standard InChI is InChI=1S/C47H42F2N10O7S/c48-27-3-6-38(60)33(16-27)41(43(63)52-47-50-11-14-67-47)58-21-26-2-1-25(15-30(26)44(58)64)35-4-7-39(54-53-35)55-12-9-24(10-13-55)20-56-22-29-17-28(56)23-57(29)37-19-32-31(18-34(37)49)45(65)59(46(32)66)36-5-8-40(61)51-42(36)62/h1-4,6-7,11,14-16,18-19,24,28-29,36,41,60H,5,8-10,12-13,17,20-23H2,(H,50,52,63)(H,51,61,62). The Kier molecular flexibility index (Phi) is 10.5. The number of carbonyl (C=O) groups is 6. The summed E-state index contributed by atoms with van der Waals surface area (Å²) in [6.07, 6.45) is 4.29. The van der Waals surface area contributed by atoms with Crippen molar-refractivity contribution >= 4 is 63.4 Å². The molecule has 2 aromatic heterocycles. The lowest BCUT2D eigenvalue weighted by atomic mass is 9.95. The minimum atomic E-state index is -1.35. The van der Waals surface area contributed by atoms with E-state index < -0.39 is 59.2 Å². The molecule has 6 aliphatic heterocycles. The predicted octanol–water partition coefficient (Wildman–Crippen LogP) is 4.50. The van der Waals surface area contributed by atoms with Crippen LogP contribution in [0.1, 0.15) is 80.3 Å². The summed E-state index contributed by atoms with van der Waals surface area (Å²) in [7, 11) is 0. The van der Waals surface area contributed by atoms with E-state index in [0.29, 0.717) is 40.0 Å². The largest absolute Gasteiger partial charge is 0.508 e. The van der Waals surface area contributed by atoms with Crippen LogP contribution in [-0.2, 0) is 20.9 Å². The van der Waals surface area contributed by atoms with Gasteiger partial charge in [0.1, 0.15) is 29.5 Å². The van der Waals surface area contributed by atoms with E-state index in [9.17, 15) is 38.3 Å². The first-order valence-electron chi connectivity index (χ1n) is 22.2. The van der Waals surface area contributed by atoms with Gasteiger partial charge in [-0.1, -0.05) is 12.1 Å². The topological polar surface area (TPSA) is 202 Å². The van der Waals surface area contributed by atoms with Gasteiger partial charge in [-0.2, -0.15) is 0 Å². The van der Waals surface area contributed by atoms with Gasteiger partial charge in [-0.3, -0.25) is 49.2 Å². The van der Waals surface area contributed by atoms with E-state index in [2.05, 4.69) is 35.6 Å². The van der Waals surface area contributed by atoms with Gasteiger partial charge >= 0.3 is 0 Å². The number of fused-ring (bicyclic) bond motifs is 4.